The molecule has 6 heteroatoms. The van der Waals surface area contributed by atoms with E-state index in [1.165, 1.54) is 25.3 Å². The third kappa shape index (κ3) is 4.32. The fourth-order valence-electron chi connectivity index (χ4n) is 2.24. The smallest absolute Gasteiger partial charge is 0.339 e. The molecule has 0 aliphatic carbocycles. The van der Waals surface area contributed by atoms with Crippen LogP contribution in [0.25, 0.3) is 0 Å². The summed E-state index contributed by atoms with van der Waals surface area (Å²) in [6, 6.07) is 8.70. The van der Waals surface area contributed by atoms with Crippen molar-refractivity contribution < 1.29 is 14.3 Å². The number of carbonyl (C=O) groups is 2. The van der Waals surface area contributed by atoms with Crippen LogP contribution in [0.15, 0.2) is 36.5 Å². The zero-order chi connectivity index (χ0) is 17.7. The number of ether oxygens (including phenoxy) is 1. The van der Waals surface area contributed by atoms with Gasteiger partial charge in [0.05, 0.1) is 5.56 Å². The van der Waals surface area contributed by atoms with Crippen molar-refractivity contribution in [3.63, 3.8) is 0 Å². The predicted molar refractivity (Wildman–Crippen MR) is 93.3 cm³/mol. The van der Waals surface area contributed by atoms with Crippen molar-refractivity contribution in [2.75, 3.05) is 5.32 Å². The maximum atomic E-state index is 12.3. The number of nitrogens with one attached hydrogen (secondary N) is 1. The fourth-order valence-corrected chi connectivity index (χ4v) is 2.41. The number of pyridine rings is 1. The van der Waals surface area contributed by atoms with Crippen LogP contribution in [0.5, 0.6) is 0 Å². The van der Waals surface area contributed by atoms with Gasteiger partial charge in [0.1, 0.15) is 5.15 Å². The molecule has 1 amide bonds. The van der Waals surface area contributed by atoms with E-state index in [9.17, 15) is 9.59 Å². The topological polar surface area (TPSA) is 68.3 Å². The normalized spacial score (nSPS) is 11.7. The van der Waals surface area contributed by atoms with Crippen molar-refractivity contribution in [2.24, 2.45) is 0 Å². The summed E-state index contributed by atoms with van der Waals surface area (Å²) >= 11 is 5.75. The van der Waals surface area contributed by atoms with E-state index in [0.29, 0.717) is 0 Å². The van der Waals surface area contributed by atoms with E-state index in [1.807, 2.05) is 32.0 Å². The van der Waals surface area contributed by atoms with Gasteiger partial charge in [-0.25, -0.2) is 9.78 Å². The van der Waals surface area contributed by atoms with Gasteiger partial charge < -0.3 is 10.1 Å². The molecule has 0 spiro atoms. The number of amides is 1. The molecule has 5 nitrogen and oxygen atoms in total. The van der Waals surface area contributed by atoms with Crippen LogP contribution in [0.1, 0.15) is 35.3 Å². The lowest BCUT2D eigenvalue weighted by Crippen LogP contribution is -2.30. The Balaban J connectivity index is 2.06. The van der Waals surface area contributed by atoms with E-state index in [0.717, 1.165) is 23.2 Å². The lowest BCUT2D eigenvalue weighted by atomic mass is 10.1. The minimum atomic E-state index is -0.936. The first-order valence-corrected chi connectivity index (χ1v) is 8.02. The molecule has 126 valence electrons. The number of aryl methyl sites for hydroxylation is 2. The standard InChI is InChI=1S/C18H19ClN2O3/c1-4-13-7-5-6-11(2)16(13)21-17(22)12(3)24-18(23)14-8-9-20-15(19)10-14/h5-10,12H,4H2,1-3H3,(H,21,22). The van der Waals surface area contributed by atoms with Gasteiger partial charge in [-0.1, -0.05) is 36.7 Å². The Morgan fingerprint density at radius 1 is 1.33 bits per heavy atom. The quantitative estimate of drug-likeness (QED) is 0.660. The Bertz CT molecular complexity index is 762. The second-order valence-electron chi connectivity index (χ2n) is 5.37. The van der Waals surface area contributed by atoms with Crippen LogP contribution in [-0.4, -0.2) is 23.0 Å². The molecule has 2 rings (SSSR count). The number of rotatable bonds is 5. The summed E-state index contributed by atoms with van der Waals surface area (Å²) in [5.74, 6) is -1.00. The highest BCUT2D eigenvalue weighted by Gasteiger charge is 2.20. The summed E-state index contributed by atoms with van der Waals surface area (Å²) in [7, 11) is 0. The van der Waals surface area contributed by atoms with Crippen LogP contribution >= 0.6 is 11.6 Å². The first-order chi connectivity index (χ1) is 11.4. The van der Waals surface area contributed by atoms with E-state index < -0.39 is 12.1 Å². The highest BCUT2D eigenvalue weighted by atomic mass is 35.5. The van der Waals surface area contributed by atoms with Crippen molar-refractivity contribution >= 4 is 29.2 Å². The van der Waals surface area contributed by atoms with Gasteiger partial charge in [0.25, 0.3) is 5.91 Å². The number of hydrogen-bond donors (Lipinski definition) is 1. The first-order valence-electron chi connectivity index (χ1n) is 7.64. The molecule has 1 aromatic carbocycles. The van der Waals surface area contributed by atoms with Gasteiger partial charge in [0, 0.05) is 11.9 Å². The molecule has 0 radical (unpaired) electrons. The van der Waals surface area contributed by atoms with Crippen LogP contribution in [0, 0.1) is 6.92 Å². The average Bonchev–Trinajstić information content (AvgIpc) is 2.56. The summed E-state index contributed by atoms with van der Waals surface area (Å²) in [4.78, 5) is 28.2. The lowest BCUT2D eigenvalue weighted by Gasteiger charge is -2.17. The number of aromatic nitrogens is 1. The lowest BCUT2D eigenvalue weighted by molar-refractivity contribution is -0.123. The van der Waals surface area contributed by atoms with Gasteiger partial charge in [0.2, 0.25) is 0 Å². The monoisotopic (exact) mass is 346 g/mol. The molecule has 24 heavy (non-hydrogen) atoms. The van der Waals surface area contributed by atoms with Gasteiger partial charge in [-0.2, -0.15) is 0 Å². The van der Waals surface area contributed by atoms with Crippen LogP contribution < -0.4 is 5.32 Å². The first kappa shape index (κ1) is 17.9. The molecule has 1 heterocycles. The van der Waals surface area contributed by atoms with E-state index in [1.54, 1.807) is 0 Å². The molecule has 1 unspecified atom stereocenters. The maximum absolute atomic E-state index is 12.3. The Labute approximate surface area is 146 Å². The molecule has 0 aliphatic heterocycles. The molecule has 0 bridgehead atoms. The van der Waals surface area contributed by atoms with Crippen molar-refractivity contribution in [1.82, 2.24) is 4.98 Å². The van der Waals surface area contributed by atoms with E-state index in [4.69, 9.17) is 16.3 Å². The Hall–Kier alpha value is -2.40. The highest BCUT2D eigenvalue weighted by Crippen LogP contribution is 2.21. The summed E-state index contributed by atoms with van der Waals surface area (Å²) in [6.07, 6.45) is 1.26. The van der Waals surface area contributed by atoms with Crippen molar-refractivity contribution in [2.45, 2.75) is 33.3 Å². The molecule has 0 saturated carbocycles. The fraction of sp³-hybridized carbons (Fsp3) is 0.278. The number of carbonyl (C=O) groups excluding carboxylic acids is 2. The number of halogens is 1. The number of anilines is 1. The zero-order valence-electron chi connectivity index (χ0n) is 13.8. The third-order valence-electron chi connectivity index (χ3n) is 3.60. The van der Waals surface area contributed by atoms with Gasteiger partial charge in [0.15, 0.2) is 6.10 Å². The molecular weight excluding hydrogens is 328 g/mol. The Kier molecular flexibility index (Phi) is 5.93. The SMILES string of the molecule is CCc1cccc(C)c1NC(=O)C(C)OC(=O)c1ccnc(Cl)c1. The van der Waals surface area contributed by atoms with Crippen LogP contribution in [0.2, 0.25) is 5.15 Å². The van der Waals surface area contributed by atoms with Gasteiger partial charge in [-0.3, -0.25) is 4.79 Å². The number of esters is 1. The van der Waals surface area contributed by atoms with Crippen LogP contribution in [0.3, 0.4) is 0 Å². The average molecular weight is 347 g/mol. The summed E-state index contributed by atoms with van der Waals surface area (Å²) < 4.78 is 5.20. The van der Waals surface area contributed by atoms with E-state index in [-0.39, 0.29) is 16.6 Å². The zero-order valence-corrected chi connectivity index (χ0v) is 14.6. The second-order valence-corrected chi connectivity index (χ2v) is 5.75. The molecule has 1 N–H and O–H groups in total. The second kappa shape index (κ2) is 7.93. The predicted octanol–water partition coefficient (Wildman–Crippen LogP) is 3.79. The molecule has 2 aromatic rings. The van der Waals surface area contributed by atoms with Crippen LogP contribution in [0.4, 0.5) is 5.69 Å². The molecule has 0 saturated heterocycles. The largest absolute Gasteiger partial charge is 0.449 e. The third-order valence-corrected chi connectivity index (χ3v) is 3.81. The van der Waals surface area contributed by atoms with Crippen LogP contribution in [-0.2, 0) is 16.0 Å². The number of benzene rings is 1. The molecule has 1 atom stereocenters. The van der Waals surface area contributed by atoms with Gasteiger partial charge in [-0.05, 0) is 43.5 Å². The number of nitrogens with zero attached hydrogens (tertiary/aromatic N) is 1. The number of hydrogen-bond acceptors (Lipinski definition) is 4. The van der Waals surface area contributed by atoms with Gasteiger partial charge >= 0.3 is 5.97 Å². The Morgan fingerprint density at radius 2 is 2.08 bits per heavy atom. The molecule has 0 fully saturated rings. The minimum absolute atomic E-state index is 0.189. The summed E-state index contributed by atoms with van der Waals surface area (Å²) in [6.45, 7) is 5.46. The van der Waals surface area contributed by atoms with Crippen molar-refractivity contribution in [1.29, 1.82) is 0 Å². The van der Waals surface area contributed by atoms with E-state index in [2.05, 4.69) is 10.3 Å². The van der Waals surface area contributed by atoms with E-state index >= 15 is 0 Å². The molecule has 0 aliphatic rings. The van der Waals surface area contributed by atoms with Gasteiger partial charge in [-0.15, -0.1) is 0 Å². The molecular formula is C18H19ClN2O3. The summed E-state index contributed by atoms with van der Waals surface area (Å²) in [5.41, 5.74) is 3.00. The molecule has 1 aromatic heterocycles. The minimum Gasteiger partial charge on any atom is -0.449 e. The highest BCUT2D eigenvalue weighted by molar-refractivity contribution is 6.29. The summed E-state index contributed by atoms with van der Waals surface area (Å²) in [5, 5.41) is 3.03. The van der Waals surface area contributed by atoms with Crippen molar-refractivity contribution in [3.8, 4) is 0 Å². The number of para-hydroxylation sites is 1. The Morgan fingerprint density at radius 3 is 2.75 bits per heavy atom. The van der Waals surface area contributed by atoms with Crippen molar-refractivity contribution in [3.05, 3.63) is 58.4 Å². The maximum Gasteiger partial charge on any atom is 0.339 e.